The molecule has 0 aromatic rings. The first kappa shape index (κ1) is 15.6. The highest BCUT2D eigenvalue weighted by Gasteiger charge is 2.52. The third-order valence-corrected chi connectivity index (χ3v) is 4.46. The fraction of sp³-hybridized carbons (Fsp3) is 0.688. The average Bonchev–Trinajstić information content (AvgIpc) is 2.72. The second-order valence-corrected chi connectivity index (χ2v) is 5.87. The predicted molar refractivity (Wildman–Crippen MR) is 78.1 cm³/mol. The van der Waals surface area contributed by atoms with Crippen LogP contribution in [0.5, 0.6) is 0 Å². The minimum atomic E-state index is -1.02. The van der Waals surface area contributed by atoms with Crippen molar-refractivity contribution in [3.63, 3.8) is 0 Å². The SMILES string of the molecule is C#CCCCCN1C(=O)NC(=O)C2(CCCCCC2)C1=O. The zero-order valence-electron chi connectivity index (χ0n) is 12.3. The van der Waals surface area contributed by atoms with Crippen LogP contribution in [-0.2, 0) is 9.59 Å². The summed E-state index contributed by atoms with van der Waals surface area (Å²) >= 11 is 0. The minimum absolute atomic E-state index is 0.307. The lowest BCUT2D eigenvalue weighted by molar-refractivity contribution is -0.152. The Morgan fingerprint density at radius 2 is 1.76 bits per heavy atom. The van der Waals surface area contributed by atoms with Crippen molar-refractivity contribution in [3.8, 4) is 12.3 Å². The molecule has 0 unspecified atom stereocenters. The summed E-state index contributed by atoms with van der Waals surface area (Å²) in [5.74, 6) is 1.83. The van der Waals surface area contributed by atoms with E-state index >= 15 is 0 Å². The number of amides is 4. The maximum absolute atomic E-state index is 12.7. The summed E-state index contributed by atoms with van der Waals surface area (Å²) < 4.78 is 0. The summed E-state index contributed by atoms with van der Waals surface area (Å²) in [6, 6.07) is -0.583. The van der Waals surface area contributed by atoms with Crippen LogP contribution in [0, 0.1) is 17.8 Å². The van der Waals surface area contributed by atoms with Crippen molar-refractivity contribution >= 4 is 17.8 Å². The summed E-state index contributed by atoms with van der Waals surface area (Å²) in [7, 11) is 0. The minimum Gasteiger partial charge on any atom is -0.277 e. The van der Waals surface area contributed by atoms with E-state index in [1.807, 2.05) is 0 Å². The zero-order valence-corrected chi connectivity index (χ0v) is 12.3. The van der Waals surface area contributed by atoms with Crippen LogP contribution >= 0.6 is 0 Å². The van der Waals surface area contributed by atoms with Gasteiger partial charge in [-0.25, -0.2) is 4.79 Å². The Morgan fingerprint density at radius 1 is 1.10 bits per heavy atom. The lowest BCUT2D eigenvalue weighted by atomic mass is 9.77. The zero-order chi connectivity index (χ0) is 15.3. The molecule has 0 aromatic heterocycles. The Kier molecular flexibility index (Phi) is 5.00. The van der Waals surface area contributed by atoms with Crippen molar-refractivity contribution in [2.75, 3.05) is 6.54 Å². The van der Waals surface area contributed by atoms with Gasteiger partial charge in [0.15, 0.2) is 0 Å². The van der Waals surface area contributed by atoms with Gasteiger partial charge in [0, 0.05) is 13.0 Å². The lowest BCUT2D eigenvalue weighted by Gasteiger charge is -2.38. The molecule has 1 spiro atoms. The largest absolute Gasteiger partial charge is 0.330 e. The summed E-state index contributed by atoms with van der Waals surface area (Å²) in [5, 5.41) is 2.38. The Balaban J connectivity index is 2.11. The maximum atomic E-state index is 12.7. The van der Waals surface area contributed by atoms with Gasteiger partial charge in [0.1, 0.15) is 5.41 Å². The first-order valence-electron chi connectivity index (χ1n) is 7.73. The van der Waals surface area contributed by atoms with Crippen LogP contribution < -0.4 is 5.32 Å². The summed E-state index contributed by atoms with van der Waals surface area (Å²) in [6.45, 7) is 0.335. The third-order valence-electron chi connectivity index (χ3n) is 4.46. The number of terminal acetylenes is 1. The standard InChI is InChI=1S/C16H22N2O3/c1-2-3-4-9-12-18-14(20)16(13(19)17-15(18)21)10-7-5-6-8-11-16/h1H,3-12H2,(H,17,19,21). The second-order valence-electron chi connectivity index (χ2n) is 5.87. The van der Waals surface area contributed by atoms with Gasteiger partial charge in [-0.15, -0.1) is 12.3 Å². The maximum Gasteiger partial charge on any atom is 0.330 e. The fourth-order valence-corrected chi connectivity index (χ4v) is 3.21. The van der Waals surface area contributed by atoms with Crippen LogP contribution in [0.15, 0.2) is 0 Å². The Labute approximate surface area is 125 Å². The number of unbranched alkanes of at least 4 members (excludes halogenated alkanes) is 2. The van der Waals surface area contributed by atoms with Gasteiger partial charge in [-0.3, -0.25) is 19.8 Å². The molecule has 2 rings (SSSR count). The third kappa shape index (κ3) is 3.10. The molecule has 5 nitrogen and oxygen atoms in total. The molecule has 0 aromatic carbocycles. The summed E-state index contributed by atoms with van der Waals surface area (Å²) in [4.78, 5) is 38.1. The molecule has 1 heterocycles. The van der Waals surface area contributed by atoms with E-state index in [0.29, 0.717) is 32.2 Å². The molecule has 0 bridgehead atoms. The number of hydrogen-bond acceptors (Lipinski definition) is 3. The van der Waals surface area contributed by atoms with Crippen molar-refractivity contribution < 1.29 is 14.4 Å². The smallest absolute Gasteiger partial charge is 0.277 e. The number of carbonyl (C=O) groups is 3. The number of nitrogens with one attached hydrogen (secondary N) is 1. The van der Waals surface area contributed by atoms with Gasteiger partial charge in [0.25, 0.3) is 0 Å². The van der Waals surface area contributed by atoms with E-state index in [2.05, 4.69) is 11.2 Å². The molecule has 21 heavy (non-hydrogen) atoms. The average molecular weight is 290 g/mol. The lowest BCUT2D eigenvalue weighted by Crippen LogP contribution is -2.63. The van der Waals surface area contributed by atoms with Crippen molar-refractivity contribution in [2.45, 2.75) is 57.8 Å². The van der Waals surface area contributed by atoms with Gasteiger partial charge >= 0.3 is 6.03 Å². The molecule has 0 radical (unpaired) electrons. The topological polar surface area (TPSA) is 66.5 Å². The molecular formula is C16H22N2O3. The normalized spacial score (nSPS) is 21.9. The van der Waals surface area contributed by atoms with Gasteiger partial charge in [-0.05, 0) is 25.7 Å². The van der Waals surface area contributed by atoms with E-state index in [4.69, 9.17) is 6.42 Å². The summed E-state index contributed by atoms with van der Waals surface area (Å²) in [5.41, 5.74) is -1.02. The van der Waals surface area contributed by atoms with Gasteiger partial charge < -0.3 is 0 Å². The molecule has 0 atom stereocenters. The number of urea groups is 1. The highest BCUT2D eigenvalue weighted by Crippen LogP contribution is 2.39. The fourth-order valence-electron chi connectivity index (χ4n) is 3.21. The Morgan fingerprint density at radius 3 is 2.38 bits per heavy atom. The number of nitrogens with zero attached hydrogens (tertiary/aromatic N) is 1. The molecule has 1 N–H and O–H groups in total. The molecule has 2 aliphatic rings. The first-order valence-corrected chi connectivity index (χ1v) is 7.73. The second kappa shape index (κ2) is 6.75. The number of carbonyl (C=O) groups excluding carboxylic acids is 3. The summed E-state index contributed by atoms with van der Waals surface area (Å²) in [6.07, 6.45) is 12.2. The van der Waals surface area contributed by atoms with Crippen LogP contribution in [0.25, 0.3) is 0 Å². The number of hydrogen-bond donors (Lipinski definition) is 1. The van der Waals surface area contributed by atoms with Crippen molar-refractivity contribution in [3.05, 3.63) is 0 Å². The highest BCUT2D eigenvalue weighted by molar-refractivity contribution is 6.19. The van der Waals surface area contributed by atoms with Gasteiger partial charge in [-0.1, -0.05) is 25.7 Å². The molecule has 4 amide bonds. The molecular weight excluding hydrogens is 268 g/mol. The quantitative estimate of drug-likeness (QED) is 0.490. The first-order chi connectivity index (χ1) is 10.1. The number of rotatable bonds is 4. The number of imide groups is 2. The van der Waals surface area contributed by atoms with E-state index in [0.717, 1.165) is 32.1 Å². The molecule has 2 fully saturated rings. The van der Waals surface area contributed by atoms with Crippen LogP contribution in [-0.4, -0.2) is 29.3 Å². The van der Waals surface area contributed by atoms with Crippen molar-refractivity contribution in [1.29, 1.82) is 0 Å². The van der Waals surface area contributed by atoms with Gasteiger partial charge in [0.05, 0.1) is 0 Å². The molecule has 1 saturated carbocycles. The molecule has 1 aliphatic heterocycles. The molecule has 5 heteroatoms. The van der Waals surface area contributed by atoms with Crippen molar-refractivity contribution in [1.82, 2.24) is 10.2 Å². The van der Waals surface area contributed by atoms with Crippen molar-refractivity contribution in [2.24, 2.45) is 5.41 Å². The van der Waals surface area contributed by atoms with Crippen LogP contribution in [0.1, 0.15) is 57.8 Å². The van der Waals surface area contributed by atoms with E-state index in [1.165, 1.54) is 4.90 Å². The van der Waals surface area contributed by atoms with Gasteiger partial charge in [0.2, 0.25) is 11.8 Å². The van der Waals surface area contributed by atoms with Crippen LogP contribution in [0.3, 0.4) is 0 Å². The van der Waals surface area contributed by atoms with E-state index < -0.39 is 17.4 Å². The van der Waals surface area contributed by atoms with E-state index in [9.17, 15) is 14.4 Å². The Bertz CT molecular complexity index is 470. The highest BCUT2D eigenvalue weighted by atomic mass is 16.2. The molecule has 1 aliphatic carbocycles. The molecule has 1 saturated heterocycles. The number of barbiturate groups is 1. The monoisotopic (exact) mass is 290 g/mol. The predicted octanol–water partition coefficient (Wildman–Crippen LogP) is 2.21. The van der Waals surface area contributed by atoms with Gasteiger partial charge in [-0.2, -0.15) is 0 Å². The Hall–Kier alpha value is -1.83. The van der Waals surface area contributed by atoms with Crippen LogP contribution in [0.2, 0.25) is 0 Å². The van der Waals surface area contributed by atoms with E-state index in [1.54, 1.807) is 0 Å². The molecule has 114 valence electrons. The van der Waals surface area contributed by atoms with E-state index in [-0.39, 0.29) is 5.91 Å². The van der Waals surface area contributed by atoms with Crippen LogP contribution in [0.4, 0.5) is 4.79 Å².